The average Bonchev–Trinajstić information content (AvgIpc) is 3.07. The van der Waals surface area contributed by atoms with Crippen molar-refractivity contribution in [2.45, 2.75) is 32.9 Å². The zero-order valence-corrected chi connectivity index (χ0v) is 15.9. The second-order valence-electron chi connectivity index (χ2n) is 6.69. The fraction of sp³-hybridized carbons (Fsp3) is 0.368. The lowest BCUT2D eigenvalue weighted by atomic mass is 10.0. The molecule has 0 fully saturated rings. The normalized spacial score (nSPS) is 12.3. The minimum Gasteiger partial charge on any atom is -0.348 e. The van der Waals surface area contributed by atoms with Crippen molar-refractivity contribution in [1.82, 2.24) is 24.0 Å². The molecule has 2 aromatic heterocycles. The zero-order chi connectivity index (χ0) is 19.7. The van der Waals surface area contributed by atoms with Crippen LogP contribution in [-0.4, -0.2) is 24.6 Å². The first-order valence-electron chi connectivity index (χ1n) is 8.80. The van der Waals surface area contributed by atoms with Gasteiger partial charge in [-0.1, -0.05) is 36.8 Å². The summed E-state index contributed by atoms with van der Waals surface area (Å²) in [4.78, 5) is 41.2. The number of benzene rings is 1. The molecule has 1 N–H and O–H groups in total. The van der Waals surface area contributed by atoms with Gasteiger partial charge in [-0.05, 0) is 18.9 Å². The number of hydrogen-bond donors (Lipinski definition) is 1. The van der Waals surface area contributed by atoms with Gasteiger partial charge in [-0.15, -0.1) is 0 Å². The van der Waals surface area contributed by atoms with Gasteiger partial charge in [-0.2, -0.15) is 0 Å². The number of aromatic nitrogens is 4. The third-order valence-electron chi connectivity index (χ3n) is 4.75. The van der Waals surface area contributed by atoms with Gasteiger partial charge in [-0.25, -0.2) is 9.78 Å². The molecule has 0 aliphatic rings. The predicted octanol–water partition coefficient (Wildman–Crippen LogP) is 1.01. The molecule has 1 aromatic carbocycles. The molecule has 0 spiro atoms. The first kappa shape index (κ1) is 18.6. The minimum atomic E-state index is -0.469. The van der Waals surface area contributed by atoms with Gasteiger partial charge in [0.05, 0.1) is 12.4 Å². The molecule has 3 aromatic rings. The monoisotopic (exact) mass is 369 g/mol. The Bertz CT molecular complexity index is 1110. The number of hydrogen-bond acceptors (Lipinski definition) is 4. The lowest BCUT2D eigenvalue weighted by molar-refractivity contribution is -0.122. The maximum atomic E-state index is 12.6. The van der Waals surface area contributed by atoms with E-state index in [1.165, 1.54) is 22.5 Å². The Morgan fingerprint density at radius 2 is 1.81 bits per heavy atom. The highest BCUT2D eigenvalue weighted by Gasteiger charge is 2.18. The molecule has 142 valence electrons. The highest BCUT2D eigenvalue weighted by molar-refractivity contribution is 5.79. The summed E-state index contributed by atoms with van der Waals surface area (Å²) in [6.45, 7) is 3.97. The molecule has 8 heteroatoms. The van der Waals surface area contributed by atoms with Gasteiger partial charge in [0, 0.05) is 14.1 Å². The molecule has 1 atom stereocenters. The number of nitrogens with one attached hydrogen (secondary N) is 1. The number of rotatable bonds is 5. The van der Waals surface area contributed by atoms with E-state index in [1.807, 2.05) is 38.1 Å². The maximum Gasteiger partial charge on any atom is 0.332 e. The van der Waals surface area contributed by atoms with Crippen LogP contribution in [0, 0.1) is 6.92 Å². The lowest BCUT2D eigenvalue weighted by Gasteiger charge is -2.18. The van der Waals surface area contributed by atoms with Crippen molar-refractivity contribution in [2.75, 3.05) is 0 Å². The molecule has 2 heterocycles. The zero-order valence-electron chi connectivity index (χ0n) is 15.9. The van der Waals surface area contributed by atoms with E-state index in [1.54, 1.807) is 7.05 Å². The third kappa shape index (κ3) is 3.42. The van der Waals surface area contributed by atoms with E-state index in [0.29, 0.717) is 0 Å². The van der Waals surface area contributed by atoms with Crippen LogP contribution in [-0.2, 0) is 25.4 Å². The van der Waals surface area contributed by atoms with E-state index in [0.717, 1.165) is 22.1 Å². The van der Waals surface area contributed by atoms with Crippen LogP contribution in [0.4, 0.5) is 0 Å². The van der Waals surface area contributed by atoms with Crippen molar-refractivity contribution >= 4 is 17.1 Å². The molecular weight excluding hydrogens is 346 g/mol. The molecular formula is C19H23N5O3. The fourth-order valence-corrected chi connectivity index (χ4v) is 3.13. The summed E-state index contributed by atoms with van der Waals surface area (Å²) in [6, 6.07) is 7.92. The number of nitrogens with zero attached hydrogens (tertiary/aromatic N) is 4. The van der Waals surface area contributed by atoms with E-state index in [4.69, 9.17) is 0 Å². The second-order valence-corrected chi connectivity index (χ2v) is 6.69. The van der Waals surface area contributed by atoms with Crippen LogP contribution in [0.2, 0.25) is 0 Å². The number of carbonyl (C=O) groups excluding carboxylic acids is 1. The molecule has 0 radical (unpaired) electrons. The number of carbonyl (C=O) groups is 1. The standard InChI is InChI=1S/C19H23N5O3/c1-5-14(13-8-6-12(2)7-9-13)21-15(25)10-24-11-20-17-16(24)18(26)23(4)19(27)22(17)3/h6-9,11,14H,5,10H2,1-4H3,(H,21,25). The summed E-state index contributed by atoms with van der Waals surface area (Å²) in [5.74, 6) is -0.224. The van der Waals surface area contributed by atoms with Crippen molar-refractivity contribution in [2.24, 2.45) is 14.1 Å². The molecule has 0 aliphatic heterocycles. The van der Waals surface area contributed by atoms with E-state index < -0.39 is 11.2 Å². The number of imidazole rings is 1. The molecule has 1 amide bonds. The fourth-order valence-electron chi connectivity index (χ4n) is 3.13. The van der Waals surface area contributed by atoms with Crippen LogP contribution in [0.3, 0.4) is 0 Å². The van der Waals surface area contributed by atoms with Gasteiger partial charge in [-0.3, -0.25) is 18.7 Å². The van der Waals surface area contributed by atoms with Crippen LogP contribution in [0.5, 0.6) is 0 Å². The smallest absolute Gasteiger partial charge is 0.332 e. The highest BCUT2D eigenvalue weighted by atomic mass is 16.2. The lowest BCUT2D eigenvalue weighted by Crippen LogP contribution is -2.38. The van der Waals surface area contributed by atoms with Gasteiger partial charge < -0.3 is 9.88 Å². The van der Waals surface area contributed by atoms with Crippen molar-refractivity contribution in [3.8, 4) is 0 Å². The molecule has 8 nitrogen and oxygen atoms in total. The predicted molar refractivity (Wildman–Crippen MR) is 103 cm³/mol. The van der Waals surface area contributed by atoms with Gasteiger partial charge in [0.25, 0.3) is 5.56 Å². The van der Waals surface area contributed by atoms with Crippen LogP contribution in [0.25, 0.3) is 11.2 Å². The Morgan fingerprint density at radius 3 is 2.44 bits per heavy atom. The third-order valence-corrected chi connectivity index (χ3v) is 4.75. The molecule has 0 bridgehead atoms. The van der Waals surface area contributed by atoms with E-state index >= 15 is 0 Å². The Hall–Kier alpha value is -3.16. The Balaban J connectivity index is 1.87. The van der Waals surface area contributed by atoms with Crippen LogP contribution < -0.4 is 16.6 Å². The second kappa shape index (κ2) is 7.22. The van der Waals surface area contributed by atoms with Gasteiger partial charge in [0.15, 0.2) is 11.2 Å². The molecule has 1 unspecified atom stereocenters. The summed E-state index contributed by atoms with van der Waals surface area (Å²) in [7, 11) is 2.96. The van der Waals surface area contributed by atoms with Crippen molar-refractivity contribution in [3.63, 3.8) is 0 Å². The van der Waals surface area contributed by atoms with Crippen molar-refractivity contribution in [1.29, 1.82) is 0 Å². The molecule has 3 rings (SSSR count). The van der Waals surface area contributed by atoms with Gasteiger partial charge in [0.1, 0.15) is 6.54 Å². The van der Waals surface area contributed by atoms with E-state index in [-0.39, 0.29) is 29.7 Å². The van der Waals surface area contributed by atoms with Crippen LogP contribution in [0.1, 0.15) is 30.5 Å². The number of fused-ring (bicyclic) bond motifs is 1. The first-order chi connectivity index (χ1) is 12.8. The van der Waals surface area contributed by atoms with Crippen molar-refractivity contribution < 1.29 is 4.79 Å². The molecule has 0 aliphatic carbocycles. The average molecular weight is 369 g/mol. The van der Waals surface area contributed by atoms with Crippen molar-refractivity contribution in [3.05, 3.63) is 62.6 Å². The minimum absolute atomic E-state index is 0.0493. The van der Waals surface area contributed by atoms with E-state index in [9.17, 15) is 14.4 Å². The first-order valence-corrected chi connectivity index (χ1v) is 8.80. The Morgan fingerprint density at radius 1 is 1.15 bits per heavy atom. The maximum absolute atomic E-state index is 12.6. The number of amides is 1. The topological polar surface area (TPSA) is 90.9 Å². The van der Waals surface area contributed by atoms with Gasteiger partial charge >= 0.3 is 5.69 Å². The summed E-state index contributed by atoms with van der Waals surface area (Å²) in [6.07, 6.45) is 2.16. The highest BCUT2D eigenvalue weighted by Crippen LogP contribution is 2.17. The van der Waals surface area contributed by atoms with E-state index in [2.05, 4.69) is 10.3 Å². The SMILES string of the molecule is CCC(NC(=O)Cn1cnc2c1c(=O)n(C)c(=O)n2C)c1ccc(C)cc1. The van der Waals surface area contributed by atoms with Crippen LogP contribution in [0.15, 0.2) is 40.2 Å². The molecule has 27 heavy (non-hydrogen) atoms. The van der Waals surface area contributed by atoms with Gasteiger partial charge in [0.2, 0.25) is 5.91 Å². The summed E-state index contributed by atoms with van der Waals surface area (Å²) >= 11 is 0. The van der Waals surface area contributed by atoms with Crippen LogP contribution >= 0.6 is 0 Å². The summed E-state index contributed by atoms with van der Waals surface area (Å²) < 4.78 is 3.79. The summed E-state index contributed by atoms with van der Waals surface area (Å²) in [5.41, 5.74) is 1.77. The molecule has 0 saturated carbocycles. The Kier molecular flexibility index (Phi) is 4.98. The Labute approximate surface area is 156 Å². The number of aryl methyl sites for hydroxylation is 2. The quantitative estimate of drug-likeness (QED) is 0.727. The summed E-state index contributed by atoms with van der Waals surface area (Å²) in [5, 5.41) is 3.00. The largest absolute Gasteiger partial charge is 0.348 e. The molecule has 0 saturated heterocycles.